The third kappa shape index (κ3) is 6.46. The molecule has 0 N–H and O–H groups in total. The van der Waals surface area contributed by atoms with Crippen LogP contribution >= 0.6 is 15.9 Å². The lowest BCUT2D eigenvalue weighted by atomic mass is 10.2. The number of hydrogen-bond acceptors (Lipinski definition) is 3. The summed E-state index contributed by atoms with van der Waals surface area (Å²) in [6.07, 6.45) is 4.26. The van der Waals surface area contributed by atoms with Crippen LogP contribution in [0.5, 0.6) is 0 Å². The molecule has 0 unspecified atom stereocenters. The van der Waals surface area contributed by atoms with E-state index in [2.05, 4.69) is 95.3 Å². The van der Waals surface area contributed by atoms with Crippen molar-refractivity contribution < 1.29 is 0 Å². The van der Waals surface area contributed by atoms with Crippen LogP contribution in [0.1, 0.15) is 37.8 Å². The van der Waals surface area contributed by atoms with E-state index in [0.717, 1.165) is 48.2 Å². The van der Waals surface area contributed by atoms with Gasteiger partial charge < -0.3 is 4.90 Å². The lowest BCUT2D eigenvalue weighted by molar-refractivity contribution is 0.745. The number of benzene rings is 3. The number of halogens is 1. The van der Waals surface area contributed by atoms with Crippen molar-refractivity contribution in [2.75, 3.05) is 23.0 Å². The van der Waals surface area contributed by atoms with Gasteiger partial charge in [-0.1, -0.05) is 72.2 Å². The predicted octanol–water partition coefficient (Wildman–Crippen LogP) is 7.12. The highest BCUT2D eigenvalue weighted by atomic mass is 79.9. The largest absolute Gasteiger partial charge is 0.372 e. The highest BCUT2D eigenvalue weighted by molar-refractivity contribution is 9.10. The summed E-state index contributed by atoms with van der Waals surface area (Å²) in [7, 11) is 0. The maximum absolute atomic E-state index is 4.82. The Morgan fingerprint density at radius 1 is 0.767 bits per heavy atom. The van der Waals surface area contributed by atoms with Crippen molar-refractivity contribution in [3.05, 3.63) is 94.5 Å². The molecule has 3 nitrogen and oxygen atoms in total. The summed E-state index contributed by atoms with van der Waals surface area (Å²) in [5, 5.41) is 6.85. The summed E-state index contributed by atoms with van der Waals surface area (Å²) in [6, 6.07) is 27.4. The molecule has 0 saturated heterocycles. The maximum atomic E-state index is 4.82. The van der Waals surface area contributed by atoms with Crippen molar-refractivity contribution in [1.29, 1.82) is 0 Å². The van der Waals surface area contributed by atoms with Gasteiger partial charge in [-0.2, -0.15) is 5.10 Å². The Balaban J connectivity index is 1.78. The quantitative estimate of drug-likeness (QED) is 0.235. The van der Waals surface area contributed by atoms with Crippen LogP contribution in [0, 0.1) is 0 Å². The van der Waals surface area contributed by atoms with Gasteiger partial charge >= 0.3 is 0 Å². The summed E-state index contributed by atoms with van der Waals surface area (Å²) in [5.41, 5.74) is 4.67. The van der Waals surface area contributed by atoms with Gasteiger partial charge in [0.15, 0.2) is 0 Å². The molecule has 0 radical (unpaired) electrons. The van der Waals surface area contributed by atoms with Gasteiger partial charge in [0.2, 0.25) is 0 Å². The Morgan fingerprint density at radius 2 is 1.37 bits per heavy atom. The van der Waals surface area contributed by atoms with E-state index < -0.39 is 0 Å². The highest BCUT2D eigenvalue weighted by Gasteiger charge is 2.07. The van der Waals surface area contributed by atoms with Gasteiger partial charge in [-0.15, -0.1) is 0 Å². The molecular formula is C26H30BrN3. The van der Waals surface area contributed by atoms with Crippen LogP contribution in [0.3, 0.4) is 0 Å². The molecule has 4 heteroatoms. The smallest absolute Gasteiger partial charge is 0.0666 e. The molecule has 0 amide bonds. The lowest BCUT2D eigenvalue weighted by Gasteiger charge is -2.23. The molecule has 0 saturated carbocycles. The molecule has 3 aromatic carbocycles. The Kier molecular flexibility index (Phi) is 8.52. The van der Waals surface area contributed by atoms with Crippen LogP contribution in [0.2, 0.25) is 0 Å². The molecule has 3 rings (SSSR count). The molecule has 0 fully saturated rings. The number of rotatable bonds is 10. The number of hydrazone groups is 1. The minimum Gasteiger partial charge on any atom is -0.372 e. The zero-order valence-corrected chi connectivity index (χ0v) is 19.4. The molecule has 0 bridgehead atoms. The molecule has 0 atom stereocenters. The van der Waals surface area contributed by atoms with Gasteiger partial charge in [0, 0.05) is 23.2 Å². The molecule has 0 aromatic heterocycles. The topological polar surface area (TPSA) is 18.8 Å². The molecule has 0 spiro atoms. The van der Waals surface area contributed by atoms with Gasteiger partial charge in [-0.3, -0.25) is 5.01 Å². The highest BCUT2D eigenvalue weighted by Crippen LogP contribution is 2.21. The minimum absolute atomic E-state index is 0.720. The summed E-state index contributed by atoms with van der Waals surface area (Å²) < 4.78 is 1.06. The van der Waals surface area contributed by atoms with Crippen molar-refractivity contribution in [1.82, 2.24) is 0 Å². The van der Waals surface area contributed by atoms with Crippen LogP contribution in [0.25, 0.3) is 0 Å². The normalized spacial score (nSPS) is 11.0. The summed E-state index contributed by atoms with van der Waals surface area (Å²) in [4.78, 5) is 2.45. The molecule has 0 heterocycles. The van der Waals surface area contributed by atoms with Gasteiger partial charge in [0.25, 0.3) is 0 Å². The first-order valence-corrected chi connectivity index (χ1v) is 11.4. The first-order chi connectivity index (χ1) is 14.7. The molecule has 0 aliphatic heterocycles. The molecule has 30 heavy (non-hydrogen) atoms. The lowest BCUT2D eigenvalue weighted by Crippen LogP contribution is -2.24. The molecule has 156 valence electrons. The molecule has 0 aliphatic carbocycles. The number of hydrogen-bond donors (Lipinski definition) is 0. The van der Waals surface area contributed by atoms with E-state index in [-0.39, 0.29) is 0 Å². The van der Waals surface area contributed by atoms with E-state index in [1.807, 2.05) is 29.4 Å². The fourth-order valence-corrected chi connectivity index (χ4v) is 3.65. The summed E-state index contributed by atoms with van der Waals surface area (Å²) in [5.74, 6) is 0. The SMILES string of the molecule is CCCN(CCC)c1ccc(C=NN(Cc2ccccc2)c2ccc(Br)cc2)cc1. The van der Waals surface area contributed by atoms with Crippen LogP contribution in [-0.4, -0.2) is 19.3 Å². The average molecular weight is 464 g/mol. The van der Waals surface area contributed by atoms with E-state index in [1.54, 1.807) is 0 Å². The second kappa shape index (κ2) is 11.6. The summed E-state index contributed by atoms with van der Waals surface area (Å²) in [6.45, 7) is 7.36. The third-order valence-electron chi connectivity index (χ3n) is 4.89. The standard InChI is InChI=1S/C26H30BrN3/c1-3-18-29(19-4-2)25-14-10-22(11-15-25)20-28-30(21-23-8-6-5-7-9-23)26-16-12-24(27)13-17-26/h5-17,20H,3-4,18-19,21H2,1-2H3. The second-order valence-corrected chi connectivity index (χ2v) is 8.26. The van der Waals surface area contributed by atoms with Crippen molar-refractivity contribution in [3.63, 3.8) is 0 Å². The predicted molar refractivity (Wildman–Crippen MR) is 134 cm³/mol. The Hall–Kier alpha value is -2.59. The summed E-state index contributed by atoms with van der Waals surface area (Å²) >= 11 is 3.52. The van der Waals surface area contributed by atoms with Gasteiger partial charge in [0.1, 0.15) is 0 Å². The van der Waals surface area contributed by atoms with E-state index >= 15 is 0 Å². The average Bonchev–Trinajstić information content (AvgIpc) is 2.78. The number of nitrogens with zero attached hydrogens (tertiary/aromatic N) is 3. The Bertz CT molecular complexity index is 899. The maximum Gasteiger partial charge on any atom is 0.0666 e. The van der Waals surface area contributed by atoms with E-state index in [4.69, 9.17) is 5.10 Å². The van der Waals surface area contributed by atoms with E-state index in [9.17, 15) is 0 Å². The van der Waals surface area contributed by atoms with Crippen LogP contribution in [0.4, 0.5) is 11.4 Å². The minimum atomic E-state index is 0.720. The first-order valence-electron chi connectivity index (χ1n) is 10.7. The van der Waals surface area contributed by atoms with Gasteiger partial charge in [-0.05, 0) is 60.4 Å². The monoisotopic (exact) mass is 463 g/mol. The van der Waals surface area contributed by atoms with Crippen LogP contribution < -0.4 is 9.91 Å². The fraction of sp³-hybridized carbons (Fsp3) is 0.269. The van der Waals surface area contributed by atoms with Crippen molar-refractivity contribution in [3.8, 4) is 0 Å². The van der Waals surface area contributed by atoms with E-state index in [1.165, 1.54) is 11.3 Å². The number of anilines is 2. The van der Waals surface area contributed by atoms with Gasteiger partial charge in [0.05, 0.1) is 18.4 Å². The van der Waals surface area contributed by atoms with Crippen molar-refractivity contribution in [2.24, 2.45) is 5.10 Å². The zero-order valence-electron chi connectivity index (χ0n) is 17.8. The van der Waals surface area contributed by atoms with Crippen LogP contribution in [0.15, 0.2) is 88.4 Å². The zero-order chi connectivity index (χ0) is 21.2. The Morgan fingerprint density at radius 3 is 1.97 bits per heavy atom. The Labute approximate surface area is 189 Å². The van der Waals surface area contributed by atoms with E-state index in [0.29, 0.717) is 0 Å². The van der Waals surface area contributed by atoms with Gasteiger partial charge in [-0.25, -0.2) is 0 Å². The van der Waals surface area contributed by atoms with Crippen LogP contribution in [-0.2, 0) is 6.54 Å². The second-order valence-electron chi connectivity index (χ2n) is 7.34. The molecule has 3 aromatic rings. The third-order valence-corrected chi connectivity index (χ3v) is 5.42. The fourth-order valence-electron chi connectivity index (χ4n) is 3.39. The van der Waals surface area contributed by atoms with Crippen molar-refractivity contribution >= 4 is 33.5 Å². The first kappa shape index (κ1) is 22.1. The van der Waals surface area contributed by atoms with Crippen molar-refractivity contribution in [2.45, 2.75) is 33.2 Å². The molecular weight excluding hydrogens is 434 g/mol. The molecule has 0 aliphatic rings.